The summed E-state index contributed by atoms with van der Waals surface area (Å²) in [6.45, 7) is 8.47. The molecule has 6 aromatic rings. The van der Waals surface area contributed by atoms with Gasteiger partial charge >= 0.3 is 0 Å². The fourth-order valence-corrected chi connectivity index (χ4v) is 4.28. The van der Waals surface area contributed by atoms with E-state index in [0.717, 1.165) is 44.6 Å². The molecule has 1 radical (unpaired) electrons. The Bertz CT molecular complexity index is 1590. The average molecular weight is 662 g/mol. The van der Waals surface area contributed by atoms with E-state index in [1.54, 1.807) is 6.20 Å². The first kappa shape index (κ1) is 26.4. The van der Waals surface area contributed by atoms with Gasteiger partial charge in [0.1, 0.15) is 0 Å². The molecule has 0 amide bonds. The van der Waals surface area contributed by atoms with Crippen molar-refractivity contribution in [3.05, 3.63) is 114 Å². The molecular weight excluding hydrogens is 635 g/mol. The number of aryl methyl sites for hydroxylation is 2. The van der Waals surface area contributed by atoms with Gasteiger partial charge in [0.05, 0.1) is 5.58 Å². The van der Waals surface area contributed by atoms with E-state index in [1.165, 1.54) is 11.1 Å². The summed E-state index contributed by atoms with van der Waals surface area (Å²) in [6, 6.07) is 30.3. The van der Waals surface area contributed by atoms with Crippen LogP contribution >= 0.6 is 0 Å². The van der Waals surface area contributed by atoms with Gasteiger partial charge in [0.15, 0.2) is 0 Å². The summed E-state index contributed by atoms with van der Waals surface area (Å²) < 4.78 is 6.07. The number of hydrogen-bond acceptors (Lipinski definition) is 4. The molecule has 4 heterocycles. The normalized spacial score (nSPS) is 10.7. The maximum Gasteiger partial charge on any atom is 0.216 e. The van der Waals surface area contributed by atoms with Crippen LogP contribution in [0.15, 0.2) is 89.6 Å². The molecule has 0 aliphatic carbocycles. The summed E-state index contributed by atoms with van der Waals surface area (Å²) in [6.07, 6.45) is 3.72. The molecule has 2 aromatic carbocycles. The van der Waals surface area contributed by atoms with Crippen molar-refractivity contribution in [3.8, 4) is 22.5 Å². The van der Waals surface area contributed by atoms with E-state index in [-0.39, 0.29) is 20.1 Å². The van der Waals surface area contributed by atoms with Crippen molar-refractivity contribution in [2.24, 2.45) is 0 Å². The third-order valence-corrected chi connectivity index (χ3v) is 6.11. The van der Waals surface area contributed by atoms with Gasteiger partial charge in [-0.15, -0.1) is 54.1 Å². The van der Waals surface area contributed by atoms with Gasteiger partial charge in [-0.05, 0) is 60.5 Å². The van der Waals surface area contributed by atoms with Gasteiger partial charge in [-0.3, -0.25) is 0 Å². The van der Waals surface area contributed by atoms with E-state index in [2.05, 4.69) is 60.0 Å². The molecule has 0 bridgehead atoms. The maximum atomic E-state index is 6.07. The topological polar surface area (TPSA) is 51.8 Å². The summed E-state index contributed by atoms with van der Waals surface area (Å²) in [7, 11) is 0. The Hall–Kier alpha value is -3.66. The Balaban J connectivity index is 0.000000208. The summed E-state index contributed by atoms with van der Waals surface area (Å²) in [5.41, 5.74) is 8.73. The molecule has 0 spiro atoms. The van der Waals surface area contributed by atoms with Crippen molar-refractivity contribution in [1.29, 1.82) is 0 Å². The van der Waals surface area contributed by atoms with Crippen LogP contribution < -0.4 is 0 Å². The second kappa shape index (κ2) is 11.6. The van der Waals surface area contributed by atoms with Gasteiger partial charge in [-0.2, -0.15) is 0 Å². The van der Waals surface area contributed by atoms with E-state index in [1.807, 2.05) is 73.8 Å². The number of fused-ring (bicyclic) bond motifs is 3. The van der Waals surface area contributed by atoms with Crippen molar-refractivity contribution < 1.29 is 24.5 Å². The van der Waals surface area contributed by atoms with Crippen molar-refractivity contribution in [2.45, 2.75) is 33.6 Å². The van der Waals surface area contributed by atoms with Crippen LogP contribution in [0.25, 0.3) is 44.6 Å². The number of nitrogens with zero attached hydrogens (tertiary/aromatic N) is 3. The third kappa shape index (κ3) is 5.69. The van der Waals surface area contributed by atoms with Gasteiger partial charge in [0, 0.05) is 43.6 Å². The molecule has 37 heavy (non-hydrogen) atoms. The second-order valence-electron chi connectivity index (χ2n) is 9.07. The van der Waals surface area contributed by atoms with Gasteiger partial charge in [-0.25, -0.2) is 4.98 Å². The predicted octanol–water partition coefficient (Wildman–Crippen LogP) is 8.13. The molecule has 0 fully saturated rings. The Morgan fingerprint density at radius 3 is 2.38 bits per heavy atom. The third-order valence-electron chi connectivity index (χ3n) is 6.11. The Morgan fingerprint density at radius 1 is 0.811 bits per heavy atom. The zero-order chi connectivity index (χ0) is 25.1. The van der Waals surface area contributed by atoms with Crippen LogP contribution in [0.2, 0.25) is 0 Å². The number of rotatable bonds is 3. The SMILES string of the molecule is Cc1ccc2c(n1)oc1c(-c3cc(C(C)C)c(C)cn3)[c-]ccc12.[Ir].[c-]1ccccc1-c1ccccn1. The van der Waals surface area contributed by atoms with Gasteiger partial charge < -0.3 is 14.4 Å². The monoisotopic (exact) mass is 662 g/mol. The molecule has 0 saturated carbocycles. The van der Waals surface area contributed by atoms with Crippen molar-refractivity contribution >= 4 is 22.1 Å². The minimum Gasteiger partial charge on any atom is -0.486 e. The first-order valence-corrected chi connectivity index (χ1v) is 12.1. The van der Waals surface area contributed by atoms with E-state index < -0.39 is 0 Å². The van der Waals surface area contributed by atoms with E-state index in [9.17, 15) is 0 Å². The second-order valence-corrected chi connectivity index (χ2v) is 9.07. The first-order valence-electron chi connectivity index (χ1n) is 12.1. The van der Waals surface area contributed by atoms with Crippen LogP contribution in [0, 0.1) is 26.0 Å². The summed E-state index contributed by atoms with van der Waals surface area (Å²) in [5, 5.41) is 2.08. The summed E-state index contributed by atoms with van der Waals surface area (Å²) >= 11 is 0. The van der Waals surface area contributed by atoms with E-state index in [0.29, 0.717) is 11.6 Å². The van der Waals surface area contributed by atoms with Crippen molar-refractivity contribution in [2.75, 3.05) is 0 Å². The number of pyridine rings is 3. The summed E-state index contributed by atoms with van der Waals surface area (Å²) in [4.78, 5) is 13.3. The Morgan fingerprint density at radius 2 is 1.65 bits per heavy atom. The molecule has 5 heteroatoms. The van der Waals surface area contributed by atoms with Crippen LogP contribution in [0.1, 0.15) is 36.6 Å². The van der Waals surface area contributed by atoms with Crippen LogP contribution in [0.5, 0.6) is 0 Å². The minimum absolute atomic E-state index is 0. The molecule has 6 rings (SSSR count). The first-order chi connectivity index (χ1) is 17.5. The zero-order valence-corrected chi connectivity index (χ0v) is 23.6. The molecule has 187 valence electrons. The average Bonchev–Trinajstić information content (AvgIpc) is 3.28. The molecule has 0 unspecified atom stereocenters. The van der Waals surface area contributed by atoms with Crippen LogP contribution in [0.3, 0.4) is 0 Å². The van der Waals surface area contributed by atoms with Crippen LogP contribution in [-0.2, 0) is 20.1 Å². The Kier molecular flexibility index (Phi) is 8.27. The predicted molar refractivity (Wildman–Crippen MR) is 146 cm³/mol. The standard InChI is InChI=1S/C21H19N2O.C11H8N.Ir/c1-12(2)18-10-19(22-11-13(18)3)17-7-5-6-15-16-9-8-14(4)23-21(16)24-20(15)17;1-2-6-10(7-3-1)11-8-4-5-9-12-11;/h5-6,8-12H,1-4H3;1-6,8-9H;/q2*-1;. The van der Waals surface area contributed by atoms with Crippen molar-refractivity contribution in [3.63, 3.8) is 0 Å². The van der Waals surface area contributed by atoms with Gasteiger partial charge in [0.2, 0.25) is 5.71 Å². The molecule has 4 aromatic heterocycles. The molecule has 0 aliphatic rings. The quantitative estimate of drug-likeness (QED) is 0.180. The molecule has 4 nitrogen and oxygen atoms in total. The number of furan rings is 1. The molecule has 0 saturated heterocycles. The molecule has 0 N–H and O–H groups in total. The largest absolute Gasteiger partial charge is 0.486 e. The van der Waals surface area contributed by atoms with Crippen LogP contribution in [0.4, 0.5) is 0 Å². The fourth-order valence-electron chi connectivity index (χ4n) is 4.28. The number of benzene rings is 2. The maximum absolute atomic E-state index is 6.07. The molecule has 0 aliphatic heterocycles. The van der Waals surface area contributed by atoms with E-state index >= 15 is 0 Å². The van der Waals surface area contributed by atoms with E-state index in [4.69, 9.17) is 4.42 Å². The summed E-state index contributed by atoms with van der Waals surface area (Å²) in [5.74, 6) is 0.450. The smallest absolute Gasteiger partial charge is 0.216 e. The van der Waals surface area contributed by atoms with Crippen LogP contribution in [-0.4, -0.2) is 15.0 Å². The number of hydrogen-bond donors (Lipinski definition) is 0. The van der Waals surface area contributed by atoms with Gasteiger partial charge in [0.25, 0.3) is 0 Å². The number of aromatic nitrogens is 3. The zero-order valence-electron chi connectivity index (χ0n) is 21.2. The Labute approximate surface area is 231 Å². The fraction of sp³-hybridized carbons (Fsp3) is 0.156. The molecule has 0 atom stereocenters. The van der Waals surface area contributed by atoms with Crippen molar-refractivity contribution in [1.82, 2.24) is 15.0 Å². The molecular formula is C32H27IrN3O-2. The van der Waals surface area contributed by atoms with Gasteiger partial charge in [-0.1, -0.05) is 43.0 Å². The minimum atomic E-state index is 0.